The van der Waals surface area contributed by atoms with Gasteiger partial charge in [0.1, 0.15) is 0 Å². The molecular weight excluding hydrogens is 424 g/mol. The average Bonchev–Trinajstić information content (AvgIpc) is 3.28. The summed E-state index contributed by atoms with van der Waals surface area (Å²) < 4.78 is 10.2. The molecule has 0 aliphatic heterocycles. The second-order valence-corrected chi connectivity index (χ2v) is 7.60. The topological polar surface area (TPSA) is 115 Å². The van der Waals surface area contributed by atoms with Crippen molar-refractivity contribution < 1.29 is 23.6 Å². The lowest BCUT2D eigenvalue weighted by molar-refractivity contribution is -0.151. The highest BCUT2D eigenvalue weighted by atomic mass is 16.5. The number of ether oxygens (including phenoxy) is 1. The average molecular weight is 450 g/mol. The summed E-state index contributed by atoms with van der Waals surface area (Å²) in [5.41, 5.74) is 3.41. The molecule has 9 nitrogen and oxygen atoms in total. The van der Waals surface area contributed by atoms with Crippen molar-refractivity contribution in [1.82, 2.24) is 15.0 Å². The minimum atomic E-state index is -0.573. The summed E-state index contributed by atoms with van der Waals surface area (Å²) in [6.07, 6.45) is 0.182. The van der Waals surface area contributed by atoms with Crippen LogP contribution in [0.5, 0.6) is 0 Å². The summed E-state index contributed by atoms with van der Waals surface area (Å²) in [6.45, 7) is 3.18. The van der Waals surface area contributed by atoms with Gasteiger partial charge in [-0.1, -0.05) is 53.7 Å². The maximum atomic E-state index is 12.3. The third kappa shape index (κ3) is 6.73. The van der Waals surface area contributed by atoms with Crippen LogP contribution in [-0.2, 0) is 25.5 Å². The minimum Gasteiger partial charge on any atom is -0.456 e. The minimum absolute atomic E-state index is 0.0134. The number of nitrogens with one attached hydrogen (secondary N) is 1. The number of carbonyl (C=O) groups excluding carboxylic acids is 3. The molecule has 0 aliphatic rings. The smallest absolute Gasteiger partial charge is 0.306 e. The van der Waals surface area contributed by atoms with E-state index in [1.165, 1.54) is 11.9 Å². The molecule has 3 aromatic rings. The number of amides is 2. The Morgan fingerprint density at radius 3 is 2.42 bits per heavy atom. The number of nitrogens with zero attached hydrogens (tertiary/aromatic N) is 3. The highest BCUT2D eigenvalue weighted by Gasteiger charge is 2.17. The second-order valence-electron chi connectivity index (χ2n) is 7.60. The van der Waals surface area contributed by atoms with Gasteiger partial charge in [-0.15, -0.1) is 0 Å². The molecule has 2 aromatic carbocycles. The van der Waals surface area contributed by atoms with E-state index < -0.39 is 18.5 Å². The quantitative estimate of drug-likeness (QED) is 0.499. The van der Waals surface area contributed by atoms with E-state index in [9.17, 15) is 14.4 Å². The molecule has 0 unspecified atom stereocenters. The summed E-state index contributed by atoms with van der Waals surface area (Å²) in [7, 11) is 1.48. The van der Waals surface area contributed by atoms with Crippen molar-refractivity contribution in [3.05, 3.63) is 65.5 Å². The van der Waals surface area contributed by atoms with Crippen molar-refractivity contribution in [2.24, 2.45) is 0 Å². The Morgan fingerprint density at radius 1 is 1.03 bits per heavy atom. The van der Waals surface area contributed by atoms with Crippen LogP contribution in [0.2, 0.25) is 0 Å². The van der Waals surface area contributed by atoms with Crippen LogP contribution in [0.25, 0.3) is 11.4 Å². The van der Waals surface area contributed by atoms with Gasteiger partial charge in [-0.25, -0.2) is 0 Å². The van der Waals surface area contributed by atoms with Crippen LogP contribution < -0.4 is 5.32 Å². The molecule has 0 fully saturated rings. The highest BCUT2D eigenvalue weighted by Crippen LogP contribution is 2.19. The maximum Gasteiger partial charge on any atom is 0.306 e. The predicted octanol–water partition coefficient (Wildman–Crippen LogP) is 2.93. The summed E-state index contributed by atoms with van der Waals surface area (Å²) in [6, 6.07) is 15.0. The summed E-state index contributed by atoms with van der Waals surface area (Å²) >= 11 is 0. The molecule has 172 valence electrons. The van der Waals surface area contributed by atoms with Gasteiger partial charge in [0.2, 0.25) is 17.6 Å². The Labute approximate surface area is 191 Å². The Bertz CT molecular complexity index is 1110. The zero-order chi connectivity index (χ0) is 23.8. The van der Waals surface area contributed by atoms with Gasteiger partial charge in [-0.3, -0.25) is 14.4 Å². The largest absolute Gasteiger partial charge is 0.456 e. The van der Waals surface area contributed by atoms with Crippen LogP contribution in [0.4, 0.5) is 5.69 Å². The van der Waals surface area contributed by atoms with E-state index in [-0.39, 0.29) is 25.3 Å². The number of hydrogen-bond acceptors (Lipinski definition) is 7. The first-order valence-electron chi connectivity index (χ1n) is 10.5. The second kappa shape index (κ2) is 11.0. The monoisotopic (exact) mass is 450 g/mol. The number of para-hydroxylation sites is 1. The first-order chi connectivity index (χ1) is 15.8. The fourth-order valence-electron chi connectivity index (χ4n) is 3.09. The van der Waals surface area contributed by atoms with Gasteiger partial charge in [0.15, 0.2) is 6.61 Å². The molecule has 0 atom stereocenters. The van der Waals surface area contributed by atoms with E-state index in [2.05, 4.69) is 15.5 Å². The summed E-state index contributed by atoms with van der Waals surface area (Å²) in [5, 5.41) is 6.71. The first kappa shape index (κ1) is 23.6. The van der Waals surface area contributed by atoms with E-state index in [1.807, 2.05) is 62.4 Å². The van der Waals surface area contributed by atoms with E-state index in [1.54, 1.807) is 0 Å². The van der Waals surface area contributed by atoms with Crippen molar-refractivity contribution in [2.75, 3.05) is 25.5 Å². The molecule has 9 heteroatoms. The fraction of sp³-hybridized carbons (Fsp3) is 0.292. The van der Waals surface area contributed by atoms with Crippen molar-refractivity contribution in [3.8, 4) is 11.4 Å². The van der Waals surface area contributed by atoms with Crippen LogP contribution in [-0.4, -0.2) is 53.0 Å². The molecule has 0 saturated carbocycles. The van der Waals surface area contributed by atoms with Gasteiger partial charge in [-0.05, 0) is 25.0 Å². The molecule has 0 aliphatic carbocycles. The molecule has 0 spiro atoms. The van der Waals surface area contributed by atoms with Crippen molar-refractivity contribution >= 4 is 23.5 Å². The van der Waals surface area contributed by atoms with Crippen LogP contribution in [0.3, 0.4) is 0 Å². The molecule has 2 amide bonds. The van der Waals surface area contributed by atoms with E-state index in [4.69, 9.17) is 9.26 Å². The zero-order valence-electron chi connectivity index (χ0n) is 18.8. The molecule has 33 heavy (non-hydrogen) atoms. The van der Waals surface area contributed by atoms with Gasteiger partial charge in [0, 0.05) is 24.7 Å². The standard InChI is InChI=1S/C24H26N4O5/c1-16-8-7-9-17(2)23(16)25-19(29)14-28(3)21(30)15-32-22(31)13-12-20-26-24(27-33-20)18-10-5-4-6-11-18/h4-11H,12-15H2,1-3H3,(H,25,29). The number of aryl methyl sites for hydroxylation is 3. The van der Waals surface area contributed by atoms with Gasteiger partial charge in [-0.2, -0.15) is 4.98 Å². The zero-order valence-corrected chi connectivity index (χ0v) is 18.8. The van der Waals surface area contributed by atoms with Crippen molar-refractivity contribution in [3.63, 3.8) is 0 Å². The van der Waals surface area contributed by atoms with Gasteiger partial charge in [0.05, 0.1) is 13.0 Å². The fourth-order valence-corrected chi connectivity index (χ4v) is 3.09. The molecule has 1 aromatic heterocycles. The number of likely N-dealkylation sites (N-methyl/N-ethyl adjacent to an activating group) is 1. The number of rotatable bonds is 9. The van der Waals surface area contributed by atoms with Gasteiger partial charge in [0.25, 0.3) is 5.91 Å². The first-order valence-corrected chi connectivity index (χ1v) is 10.5. The molecule has 1 N–H and O–H groups in total. The Kier molecular flexibility index (Phi) is 7.91. The van der Waals surface area contributed by atoms with E-state index in [0.717, 1.165) is 22.4 Å². The molecule has 0 bridgehead atoms. The van der Waals surface area contributed by atoms with Crippen LogP contribution in [0, 0.1) is 13.8 Å². The van der Waals surface area contributed by atoms with Gasteiger partial charge < -0.3 is 19.5 Å². The van der Waals surface area contributed by atoms with Crippen molar-refractivity contribution in [1.29, 1.82) is 0 Å². The number of anilines is 1. The lowest BCUT2D eigenvalue weighted by Gasteiger charge is -2.18. The third-order valence-electron chi connectivity index (χ3n) is 4.95. The molecule has 1 heterocycles. The number of esters is 1. The Morgan fingerprint density at radius 2 is 1.73 bits per heavy atom. The predicted molar refractivity (Wildman–Crippen MR) is 121 cm³/mol. The Balaban J connectivity index is 1.40. The SMILES string of the molecule is Cc1cccc(C)c1NC(=O)CN(C)C(=O)COC(=O)CCc1nc(-c2ccccc2)no1. The number of aromatic nitrogens is 2. The number of hydrogen-bond donors (Lipinski definition) is 1. The summed E-state index contributed by atoms with van der Waals surface area (Å²) in [4.78, 5) is 42.0. The molecule has 3 rings (SSSR count). The molecule has 0 radical (unpaired) electrons. The number of benzene rings is 2. The maximum absolute atomic E-state index is 12.3. The molecule has 0 saturated heterocycles. The summed E-state index contributed by atoms with van der Waals surface area (Å²) in [5.74, 6) is -0.645. The van der Waals surface area contributed by atoms with E-state index >= 15 is 0 Å². The molecular formula is C24H26N4O5. The third-order valence-corrected chi connectivity index (χ3v) is 4.95. The lowest BCUT2D eigenvalue weighted by Crippen LogP contribution is -2.37. The normalized spacial score (nSPS) is 10.5. The van der Waals surface area contributed by atoms with Crippen LogP contribution in [0.1, 0.15) is 23.4 Å². The Hall–Kier alpha value is -4.01. The van der Waals surface area contributed by atoms with E-state index in [0.29, 0.717) is 11.7 Å². The van der Waals surface area contributed by atoms with Crippen LogP contribution in [0.15, 0.2) is 53.1 Å². The van der Waals surface area contributed by atoms with Crippen LogP contribution >= 0.6 is 0 Å². The highest BCUT2D eigenvalue weighted by molar-refractivity contribution is 5.96. The number of carbonyl (C=O) groups is 3. The van der Waals surface area contributed by atoms with Gasteiger partial charge >= 0.3 is 5.97 Å². The lowest BCUT2D eigenvalue weighted by atomic mass is 10.1. The van der Waals surface area contributed by atoms with Crippen molar-refractivity contribution in [2.45, 2.75) is 26.7 Å².